The molecule has 1 fully saturated rings. The molecule has 2 heterocycles. The fourth-order valence-electron chi connectivity index (χ4n) is 2.20. The molecule has 106 valence electrons. The standard InChI is InChI=1S/C14H18N4O2/c1-9(2)19-10-5-3-8-16-11(10)12-17-13(18-20-12)14(15)6-4-7-14/h3,5,8-9H,4,6-7,15H2,1-2H3. The van der Waals surface area contributed by atoms with Crippen LogP contribution in [0, 0.1) is 0 Å². The maximum Gasteiger partial charge on any atom is 0.280 e. The fourth-order valence-corrected chi connectivity index (χ4v) is 2.20. The van der Waals surface area contributed by atoms with Crippen molar-refractivity contribution in [2.45, 2.75) is 44.8 Å². The van der Waals surface area contributed by atoms with E-state index in [2.05, 4.69) is 15.1 Å². The van der Waals surface area contributed by atoms with E-state index in [4.69, 9.17) is 15.0 Å². The molecule has 0 saturated heterocycles. The van der Waals surface area contributed by atoms with Gasteiger partial charge in [-0.3, -0.25) is 0 Å². The molecule has 0 bridgehead atoms. The largest absolute Gasteiger partial charge is 0.489 e. The summed E-state index contributed by atoms with van der Waals surface area (Å²) in [5, 5.41) is 4.00. The summed E-state index contributed by atoms with van der Waals surface area (Å²) in [7, 11) is 0. The Bertz CT molecular complexity index is 605. The highest BCUT2D eigenvalue weighted by molar-refractivity contribution is 5.57. The van der Waals surface area contributed by atoms with Gasteiger partial charge in [0.2, 0.25) is 0 Å². The molecule has 2 aromatic heterocycles. The molecule has 1 saturated carbocycles. The van der Waals surface area contributed by atoms with Gasteiger partial charge < -0.3 is 15.0 Å². The van der Waals surface area contributed by atoms with Gasteiger partial charge in [0.25, 0.3) is 5.89 Å². The van der Waals surface area contributed by atoms with E-state index >= 15 is 0 Å². The number of nitrogens with two attached hydrogens (primary N) is 1. The topological polar surface area (TPSA) is 87.1 Å². The minimum atomic E-state index is -0.435. The average molecular weight is 274 g/mol. The second-order valence-electron chi connectivity index (χ2n) is 5.45. The third-order valence-corrected chi connectivity index (χ3v) is 3.45. The predicted molar refractivity (Wildman–Crippen MR) is 73.0 cm³/mol. The Labute approximate surface area is 117 Å². The molecule has 2 N–H and O–H groups in total. The van der Waals surface area contributed by atoms with Crippen molar-refractivity contribution >= 4 is 0 Å². The molecule has 0 unspecified atom stereocenters. The van der Waals surface area contributed by atoms with Crippen LogP contribution in [0.3, 0.4) is 0 Å². The van der Waals surface area contributed by atoms with Crippen LogP contribution in [-0.2, 0) is 5.54 Å². The lowest BCUT2D eigenvalue weighted by Crippen LogP contribution is -2.44. The number of hydrogen-bond donors (Lipinski definition) is 1. The smallest absolute Gasteiger partial charge is 0.280 e. The monoisotopic (exact) mass is 274 g/mol. The van der Waals surface area contributed by atoms with E-state index in [0.717, 1.165) is 19.3 Å². The van der Waals surface area contributed by atoms with E-state index in [1.54, 1.807) is 6.20 Å². The SMILES string of the molecule is CC(C)Oc1cccnc1-c1nc(C2(N)CCC2)no1. The van der Waals surface area contributed by atoms with Crippen LogP contribution in [-0.4, -0.2) is 21.2 Å². The van der Waals surface area contributed by atoms with Crippen molar-refractivity contribution in [2.75, 3.05) is 0 Å². The van der Waals surface area contributed by atoms with Gasteiger partial charge in [0, 0.05) is 6.20 Å². The number of rotatable bonds is 4. The maximum absolute atomic E-state index is 6.20. The van der Waals surface area contributed by atoms with Gasteiger partial charge in [-0.15, -0.1) is 0 Å². The Hall–Kier alpha value is -1.95. The van der Waals surface area contributed by atoms with Crippen molar-refractivity contribution in [3.8, 4) is 17.3 Å². The highest BCUT2D eigenvalue weighted by Crippen LogP contribution is 2.38. The number of pyridine rings is 1. The van der Waals surface area contributed by atoms with Crippen LogP contribution in [0.15, 0.2) is 22.9 Å². The molecule has 0 radical (unpaired) electrons. The van der Waals surface area contributed by atoms with Crippen LogP contribution in [0.1, 0.15) is 38.9 Å². The summed E-state index contributed by atoms with van der Waals surface area (Å²) in [5.74, 6) is 1.55. The molecule has 0 aromatic carbocycles. The zero-order valence-electron chi connectivity index (χ0n) is 11.7. The van der Waals surface area contributed by atoms with E-state index in [0.29, 0.717) is 23.2 Å². The third-order valence-electron chi connectivity index (χ3n) is 3.45. The Morgan fingerprint density at radius 3 is 2.85 bits per heavy atom. The van der Waals surface area contributed by atoms with Gasteiger partial charge in [0.15, 0.2) is 17.3 Å². The molecule has 6 nitrogen and oxygen atoms in total. The average Bonchev–Trinajstić information content (AvgIpc) is 2.85. The van der Waals surface area contributed by atoms with Crippen molar-refractivity contribution in [3.63, 3.8) is 0 Å². The second kappa shape index (κ2) is 4.86. The van der Waals surface area contributed by atoms with Gasteiger partial charge >= 0.3 is 0 Å². The molecule has 6 heteroatoms. The number of ether oxygens (including phenoxy) is 1. The predicted octanol–water partition coefficient (Wildman–Crippen LogP) is 2.26. The summed E-state index contributed by atoms with van der Waals surface area (Å²) in [4.78, 5) is 8.68. The lowest BCUT2D eigenvalue weighted by atomic mass is 9.77. The van der Waals surface area contributed by atoms with Crippen LogP contribution in [0.2, 0.25) is 0 Å². The first-order chi connectivity index (χ1) is 9.58. The Kier molecular flexibility index (Phi) is 3.17. The fraction of sp³-hybridized carbons (Fsp3) is 0.500. The molecule has 0 spiro atoms. The number of nitrogens with zero attached hydrogens (tertiary/aromatic N) is 3. The van der Waals surface area contributed by atoms with Crippen molar-refractivity contribution in [3.05, 3.63) is 24.2 Å². The Balaban J connectivity index is 1.93. The molecule has 20 heavy (non-hydrogen) atoms. The molecular weight excluding hydrogens is 256 g/mol. The van der Waals surface area contributed by atoms with Crippen LogP contribution in [0.5, 0.6) is 5.75 Å². The van der Waals surface area contributed by atoms with E-state index < -0.39 is 5.54 Å². The molecule has 3 rings (SSSR count). The van der Waals surface area contributed by atoms with Gasteiger partial charge in [0.05, 0.1) is 11.6 Å². The summed E-state index contributed by atoms with van der Waals surface area (Å²) in [6.45, 7) is 3.92. The first kappa shape index (κ1) is 13.1. The number of aromatic nitrogens is 3. The highest BCUT2D eigenvalue weighted by Gasteiger charge is 2.39. The maximum atomic E-state index is 6.20. The van der Waals surface area contributed by atoms with Gasteiger partial charge in [0.1, 0.15) is 0 Å². The van der Waals surface area contributed by atoms with Gasteiger partial charge in [-0.25, -0.2) is 4.98 Å². The Morgan fingerprint density at radius 1 is 1.40 bits per heavy atom. The normalized spacial score (nSPS) is 17.0. The zero-order chi connectivity index (χ0) is 14.2. The van der Waals surface area contributed by atoms with E-state index in [1.807, 2.05) is 26.0 Å². The quantitative estimate of drug-likeness (QED) is 0.920. The molecule has 0 amide bonds. The van der Waals surface area contributed by atoms with Gasteiger partial charge in [-0.1, -0.05) is 5.16 Å². The van der Waals surface area contributed by atoms with E-state index in [-0.39, 0.29) is 6.10 Å². The van der Waals surface area contributed by atoms with Gasteiger partial charge in [-0.05, 0) is 45.2 Å². The highest BCUT2D eigenvalue weighted by atomic mass is 16.5. The first-order valence-electron chi connectivity index (χ1n) is 6.83. The molecule has 1 aliphatic rings. The van der Waals surface area contributed by atoms with Crippen LogP contribution >= 0.6 is 0 Å². The van der Waals surface area contributed by atoms with Crippen molar-refractivity contribution in [2.24, 2.45) is 5.73 Å². The minimum Gasteiger partial charge on any atom is -0.489 e. The number of hydrogen-bond acceptors (Lipinski definition) is 6. The summed E-state index contributed by atoms with van der Waals surface area (Å²) >= 11 is 0. The molecule has 0 aliphatic heterocycles. The van der Waals surface area contributed by atoms with Crippen LogP contribution in [0.25, 0.3) is 11.6 Å². The summed E-state index contributed by atoms with van der Waals surface area (Å²) in [5.41, 5.74) is 6.32. The summed E-state index contributed by atoms with van der Waals surface area (Å²) in [6, 6.07) is 3.66. The van der Waals surface area contributed by atoms with Crippen molar-refractivity contribution < 1.29 is 9.26 Å². The van der Waals surface area contributed by atoms with E-state index in [1.165, 1.54) is 0 Å². The molecule has 2 aromatic rings. The molecule has 0 atom stereocenters. The van der Waals surface area contributed by atoms with Crippen molar-refractivity contribution in [1.29, 1.82) is 0 Å². The molecular formula is C14H18N4O2. The van der Waals surface area contributed by atoms with Crippen molar-refractivity contribution in [1.82, 2.24) is 15.1 Å². The summed E-state index contributed by atoms with van der Waals surface area (Å²) < 4.78 is 11.0. The van der Waals surface area contributed by atoms with Crippen LogP contribution in [0.4, 0.5) is 0 Å². The third kappa shape index (κ3) is 2.27. The second-order valence-corrected chi connectivity index (χ2v) is 5.45. The van der Waals surface area contributed by atoms with E-state index in [9.17, 15) is 0 Å². The van der Waals surface area contributed by atoms with Gasteiger partial charge in [-0.2, -0.15) is 4.98 Å². The lowest BCUT2D eigenvalue weighted by Gasteiger charge is -2.34. The zero-order valence-corrected chi connectivity index (χ0v) is 11.7. The first-order valence-corrected chi connectivity index (χ1v) is 6.83. The lowest BCUT2D eigenvalue weighted by molar-refractivity contribution is 0.229. The molecule has 1 aliphatic carbocycles. The minimum absolute atomic E-state index is 0.0489. The van der Waals surface area contributed by atoms with Crippen LogP contribution < -0.4 is 10.5 Å². The summed E-state index contributed by atoms with van der Waals surface area (Å²) in [6.07, 6.45) is 4.61. The Morgan fingerprint density at radius 2 is 2.20 bits per heavy atom.